The van der Waals surface area contributed by atoms with Gasteiger partial charge in [-0.2, -0.15) is 0 Å². The summed E-state index contributed by atoms with van der Waals surface area (Å²) in [5, 5.41) is 2.94. The SMILES string of the molecule is CCC(=O)NCCCCCc1nc2ccccc2n1Cc1ccc(Br)cc1. The lowest BCUT2D eigenvalue weighted by molar-refractivity contribution is -0.120. The summed E-state index contributed by atoms with van der Waals surface area (Å²) in [5.41, 5.74) is 3.51. The Morgan fingerprint density at radius 1 is 1.07 bits per heavy atom. The number of benzene rings is 2. The van der Waals surface area contributed by atoms with Gasteiger partial charge in [0.15, 0.2) is 0 Å². The average Bonchev–Trinajstić information content (AvgIpc) is 3.03. The van der Waals surface area contributed by atoms with E-state index in [1.165, 1.54) is 11.1 Å². The standard InChI is InChI=1S/C22H26BrN3O/c1-2-22(27)24-15-7-3-4-10-21-25-19-8-5-6-9-20(19)26(21)16-17-11-13-18(23)14-12-17/h5-6,8-9,11-14H,2-4,7,10,15-16H2,1H3,(H,24,27). The van der Waals surface area contributed by atoms with Crippen molar-refractivity contribution in [3.05, 3.63) is 64.4 Å². The van der Waals surface area contributed by atoms with Gasteiger partial charge in [0, 0.05) is 30.4 Å². The van der Waals surface area contributed by atoms with Crippen LogP contribution in [0.4, 0.5) is 0 Å². The van der Waals surface area contributed by atoms with Crippen molar-refractivity contribution in [2.24, 2.45) is 0 Å². The lowest BCUT2D eigenvalue weighted by Crippen LogP contribution is -2.23. The van der Waals surface area contributed by atoms with Crippen LogP contribution in [0.3, 0.4) is 0 Å². The molecule has 0 aliphatic heterocycles. The molecule has 1 N–H and O–H groups in total. The molecule has 0 saturated heterocycles. The van der Waals surface area contributed by atoms with Crippen LogP contribution in [0.2, 0.25) is 0 Å². The third-order valence-corrected chi connectivity index (χ3v) is 5.24. The monoisotopic (exact) mass is 427 g/mol. The van der Waals surface area contributed by atoms with Crippen LogP contribution >= 0.6 is 15.9 Å². The molecule has 0 aliphatic rings. The molecule has 1 amide bonds. The minimum atomic E-state index is 0.131. The Kier molecular flexibility index (Phi) is 7.04. The summed E-state index contributed by atoms with van der Waals surface area (Å²) < 4.78 is 3.43. The zero-order valence-electron chi connectivity index (χ0n) is 15.7. The quantitative estimate of drug-likeness (QED) is 0.483. The number of aromatic nitrogens is 2. The maximum absolute atomic E-state index is 11.3. The van der Waals surface area contributed by atoms with E-state index >= 15 is 0 Å². The van der Waals surface area contributed by atoms with Gasteiger partial charge in [-0.1, -0.05) is 53.5 Å². The summed E-state index contributed by atoms with van der Waals surface area (Å²) in [4.78, 5) is 16.1. The molecule has 4 nitrogen and oxygen atoms in total. The fraction of sp³-hybridized carbons (Fsp3) is 0.364. The zero-order valence-corrected chi connectivity index (χ0v) is 17.3. The van der Waals surface area contributed by atoms with Crippen LogP contribution in [0.1, 0.15) is 44.0 Å². The molecular weight excluding hydrogens is 402 g/mol. The van der Waals surface area contributed by atoms with Crippen molar-refractivity contribution >= 4 is 32.9 Å². The van der Waals surface area contributed by atoms with Crippen molar-refractivity contribution < 1.29 is 4.79 Å². The number of carbonyl (C=O) groups is 1. The molecule has 1 aromatic heterocycles. The van der Waals surface area contributed by atoms with Crippen LogP contribution in [0.5, 0.6) is 0 Å². The fourth-order valence-corrected chi connectivity index (χ4v) is 3.47. The molecule has 1 heterocycles. The highest BCUT2D eigenvalue weighted by atomic mass is 79.9. The molecule has 142 valence electrons. The van der Waals surface area contributed by atoms with Crippen molar-refractivity contribution in [1.29, 1.82) is 0 Å². The normalized spacial score (nSPS) is 11.0. The van der Waals surface area contributed by atoms with Crippen LogP contribution < -0.4 is 5.32 Å². The number of fused-ring (bicyclic) bond motifs is 1. The number of hydrogen-bond donors (Lipinski definition) is 1. The second-order valence-electron chi connectivity index (χ2n) is 6.74. The third kappa shape index (κ3) is 5.42. The molecule has 0 unspecified atom stereocenters. The lowest BCUT2D eigenvalue weighted by Gasteiger charge is -2.10. The maximum Gasteiger partial charge on any atom is 0.219 e. The van der Waals surface area contributed by atoms with Crippen LogP contribution in [-0.4, -0.2) is 22.0 Å². The lowest BCUT2D eigenvalue weighted by atomic mass is 10.1. The Labute approximate surface area is 169 Å². The van der Waals surface area contributed by atoms with Gasteiger partial charge in [0.05, 0.1) is 11.0 Å². The number of para-hydroxylation sites is 2. The van der Waals surface area contributed by atoms with E-state index in [1.54, 1.807) is 0 Å². The van der Waals surface area contributed by atoms with Gasteiger partial charge >= 0.3 is 0 Å². The van der Waals surface area contributed by atoms with E-state index in [1.807, 2.05) is 13.0 Å². The van der Waals surface area contributed by atoms with Gasteiger partial charge in [-0.3, -0.25) is 4.79 Å². The van der Waals surface area contributed by atoms with Crippen LogP contribution in [0, 0.1) is 0 Å². The Balaban J connectivity index is 1.65. The van der Waals surface area contributed by atoms with Gasteiger partial charge in [-0.15, -0.1) is 0 Å². The molecule has 3 rings (SSSR count). The molecular formula is C22H26BrN3O. The van der Waals surface area contributed by atoms with Crippen molar-refractivity contribution in [2.75, 3.05) is 6.54 Å². The number of nitrogens with zero attached hydrogens (tertiary/aromatic N) is 2. The number of hydrogen-bond acceptors (Lipinski definition) is 2. The van der Waals surface area contributed by atoms with E-state index in [4.69, 9.17) is 4.98 Å². The predicted octanol–water partition coefficient (Wildman–Crippen LogP) is 5.09. The summed E-state index contributed by atoms with van der Waals surface area (Å²) in [6, 6.07) is 16.8. The fourth-order valence-electron chi connectivity index (χ4n) is 3.20. The van der Waals surface area contributed by atoms with Crippen LogP contribution in [0.15, 0.2) is 53.0 Å². The minimum absolute atomic E-state index is 0.131. The maximum atomic E-state index is 11.3. The van der Waals surface area contributed by atoms with Gasteiger partial charge in [0.1, 0.15) is 5.82 Å². The number of amides is 1. The Morgan fingerprint density at radius 2 is 1.85 bits per heavy atom. The summed E-state index contributed by atoms with van der Waals surface area (Å²) in [5.74, 6) is 1.27. The summed E-state index contributed by atoms with van der Waals surface area (Å²) >= 11 is 3.50. The highest BCUT2D eigenvalue weighted by molar-refractivity contribution is 9.10. The topological polar surface area (TPSA) is 46.9 Å². The predicted molar refractivity (Wildman–Crippen MR) is 114 cm³/mol. The van der Waals surface area contributed by atoms with E-state index in [9.17, 15) is 4.79 Å². The zero-order chi connectivity index (χ0) is 19.1. The highest BCUT2D eigenvalue weighted by Crippen LogP contribution is 2.20. The Hall–Kier alpha value is -2.14. The van der Waals surface area contributed by atoms with Crippen molar-refractivity contribution in [3.63, 3.8) is 0 Å². The number of unbranched alkanes of at least 4 members (excludes halogenated alkanes) is 2. The van der Waals surface area contributed by atoms with Gasteiger partial charge in [-0.05, 0) is 42.7 Å². The summed E-state index contributed by atoms with van der Waals surface area (Å²) in [6.45, 7) is 3.48. The molecule has 0 fully saturated rings. The third-order valence-electron chi connectivity index (χ3n) is 4.71. The first-order valence-electron chi connectivity index (χ1n) is 9.62. The smallest absolute Gasteiger partial charge is 0.219 e. The average molecular weight is 428 g/mol. The molecule has 27 heavy (non-hydrogen) atoms. The molecule has 0 saturated carbocycles. The number of nitrogens with one attached hydrogen (secondary N) is 1. The number of aryl methyl sites for hydroxylation is 1. The van der Waals surface area contributed by atoms with Crippen molar-refractivity contribution in [1.82, 2.24) is 14.9 Å². The molecule has 5 heteroatoms. The van der Waals surface area contributed by atoms with Crippen molar-refractivity contribution in [2.45, 2.75) is 45.6 Å². The van der Waals surface area contributed by atoms with E-state index in [0.717, 1.165) is 54.6 Å². The van der Waals surface area contributed by atoms with Gasteiger partial charge in [0.25, 0.3) is 0 Å². The first-order chi connectivity index (χ1) is 13.2. The molecule has 0 atom stereocenters. The molecule has 0 bridgehead atoms. The van der Waals surface area contributed by atoms with Crippen LogP contribution in [-0.2, 0) is 17.8 Å². The molecule has 2 aromatic carbocycles. The van der Waals surface area contributed by atoms with Crippen molar-refractivity contribution in [3.8, 4) is 0 Å². The molecule has 0 radical (unpaired) electrons. The van der Waals surface area contributed by atoms with Gasteiger partial charge < -0.3 is 9.88 Å². The summed E-state index contributed by atoms with van der Waals surface area (Å²) in [7, 11) is 0. The molecule has 0 aliphatic carbocycles. The number of rotatable bonds is 9. The van der Waals surface area contributed by atoms with E-state index in [2.05, 4.69) is 68.3 Å². The first kappa shape index (κ1) is 19.6. The summed E-state index contributed by atoms with van der Waals surface area (Å²) in [6.07, 6.45) is 4.68. The highest BCUT2D eigenvalue weighted by Gasteiger charge is 2.10. The second-order valence-corrected chi connectivity index (χ2v) is 7.66. The number of halogens is 1. The first-order valence-corrected chi connectivity index (χ1v) is 10.4. The number of imidazole rings is 1. The second kappa shape index (κ2) is 9.70. The minimum Gasteiger partial charge on any atom is -0.356 e. The van der Waals surface area contributed by atoms with Crippen LogP contribution in [0.25, 0.3) is 11.0 Å². The Morgan fingerprint density at radius 3 is 2.63 bits per heavy atom. The van der Waals surface area contributed by atoms with Gasteiger partial charge in [-0.25, -0.2) is 4.98 Å². The van der Waals surface area contributed by atoms with E-state index < -0.39 is 0 Å². The van der Waals surface area contributed by atoms with E-state index in [0.29, 0.717) is 6.42 Å². The molecule has 3 aromatic rings. The Bertz CT molecular complexity index is 886. The largest absolute Gasteiger partial charge is 0.356 e. The molecule has 0 spiro atoms. The number of carbonyl (C=O) groups excluding carboxylic acids is 1. The van der Waals surface area contributed by atoms with Gasteiger partial charge in [0.2, 0.25) is 5.91 Å². The van der Waals surface area contributed by atoms with E-state index in [-0.39, 0.29) is 5.91 Å².